The normalized spacial score (nSPS) is 14.0. The standard InChI is InChI=1S/C28H35ClN6O2/c1-4-37-25-16-21(35-13-11-19(12-14-35)26(30)36)9-10-24(25)33-28-31-17-22(29)27(34-28)32-23-8-6-5-7-20(23)15-18(2)3/h5-10,16-19H,4,11-15H2,1-3H3,(H2,30,36)(H2,31,32,33,34). The van der Waals surface area contributed by atoms with E-state index in [0.29, 0.717) is 35.1 Å². The molecule has 1 aliphatic heterocycles. The zero-order valence-corrected chi connectivity index (χ0v) is 22.4. The molecule has 0 spiro atoms. The lowest BCUT2D eigenvalue weighted by molar-refractivity contribution is -0.122. The van der Waals surface area contributed by atoms with Crippen LogP contribution in [-0.4, -0.2) is 35.6 Å². The van der Waals surface area contributed by atoms with Gasteiger partial charge < -0.3 is 26.0 Å². The molecule has 0 saturated carbocycles. The number of nitrogens with zero attached hydrogens (tertiary/aromatic N) is 3. The van der Waals surface area contributed by atoms with Crippen LogP contribution in [0.4, 0.5) is 28.8 Å². The molecule has 0 radical (unpaired) electrons. The first-order chi connectivity index (χ1) is 17.8. The molecule has 3 aromatic rings. The van der Waals surface area contributed by atoms with Gasteiger partial charge in [0.1, 0.15) is 10.8 Å². The van der Waals surface area contributed by atoms with Gasteiger partial charge in [-0.3, -0.25) is 4.79 Å². The Balaban J connectivity index is 1.53. The molecule has 196 valence electrons. The number of primary amides is 1. The van der Waals surface area contributed by atoms with Gasteiger partial charge in [-0.2, -0.15) is 4.98 Å². The molecular weight excluding hydrogens is 488 g/mol. The first-order valence-corrected chi connectivity index (χ1v) is 13.2. The van der Waals surface area contributed by atoms with Gasteiger partial charge in [-0.15, -0.1) is 0 Å². The SMILES string of the molecule is CCOc1cc(N2CCC(C(N)=O)CC2)ccc1Nc1ncc(Cl)c(Nc2ccccc2CC(C)C)n1. The molecule has 1 aromatic heterocycles. The zero-order valence-electron chi connectivity index (χ0n) is 21.6. The molecule has 4 N–H and O–H groups in total. The van der Waals surface area contributed by atoms with Crippen LogP contribution in [0.15, 0.2) is 48.7 Å². The molecule has 0 aliphatic carbocycles. The Hall–Kier alpha value is -3.52. The second-order valence-corrected chi connectivity index (χ2v) is 10.1. The topological polar surface area (TPSA) is 105 Å². The number of amides is 1. The molecule has 2 heterocycles. The summed E-state index contributed by atoms with van der Waals surface area (Å²) in [6.45, 7) is 8.41. The molecule has 1 aliphatic rings. The number of ether oxygens (including phenoxy) is 1. The number of hydrogen-bond acceptors (Lipinski definition) is 7. The van der Waals surface area contributed by atoms with Crippen LogP contribution in [0.25, 0.3) is 0 Å². The van der Waals surface area contributed by atoms with Crippen molar-refractivity contribution in [2.24, 2.45) is 17.6 Å². The average Bonchev–Trinajstić information content (AvgIpc) is 2.88. The van der Waals surface area contributed by atoms with Gasteiger partial charge in [0.05, 0.1) is 18.5 Å². The number of carbonyl (C=O) groups is 1. The Morgan fingerprint density at radius 1 is 1.16 bits per heavy atom. The molecule has 0 unspecified atom stereocenters. The van der Waals surface area contributed by atoms with E-state index >= 15 is 0 Å². The molecule has 1 amide bonds. The van der Waals surface area contributed by atoms with Gasteiger partial charge >= 0.3 is 0 Å². The second kappa shape index (κ2) is 12.1. The molecule has 9 heteroatoms. The third-order valence-electron chi connectivity index (χ3n) is 6.42. The fourth-order valence-corrected chi connectivity index (χ4v) is 4.67. The number of aromatic nitrogens is 2. The molecule has 0 bridgehead atoms. The van der Waals surface area contributed by atoms with Gasteiger partial charge in [0.25, 0.3) is 0 Å². The highest BCUT2D eigenvalue weighted by Gasteiger charge is 2.24. The van der Waals surface area contributed by atoms with Crippen LogP contribution < -0.4 is 26.0 Å². The lowest BCUT2D eigenvalue weighted by Crippen LogP contribution is -2.38. The van der Waals surface area contributed by atoms with Crippen LogP contribution >= 0.6 is 11.6 Å². The Bertz CT molecular complexity index is 1230. The summed E-state index contributed by atoms with van der Waals surface area (Å²) in [4.78, 5) is 22.8. The number of rotatable bonds is 10. The molecule has 1 saturated heterocycles. The van der Waals surface area contributed by atoms with Crippen LogP contribution in [-0.2, 0) is 11.2 Å². The Morgan fingerprint density at radius 2 is 1.92 bits per heavy atom. The predicted molar refractivity (Wildman–Crippen MR) is 150 cm³/mol. The average molecular weight is 523 g/mol. The van der Waals surface area contributed by atoms with E-state index in [2.05, 4.69) is 45.4 Å². The number of piperidine rings is 1. The minimum absolute atomic E-state index is 0.0502. The summed E-state index contributed by atoms with van der Waals surface area (Å²) in [6.07, 6.45) is 4.05. The number of para-hydroxylation sites is 1. The van der Waals surface area contributed by atoms with Gasteiger partial charge in [0.15, 0.2) is 5.82 Å². The van der Waals surface area contributed by atoms with E-state index in [1.54, 1.807) is 6.20 Å². The maximum Gasteiger partial charge on any atom is 0.229 e. The van der Waals surface area contributed by atoms with Crippen molar-refractivity contribution in [1.82, 2.24) is 9.97 Å². The van der Waals surface area contributed by atoms with Crippen molar-refractivity contribution in [1.29, 1.82) is 0 Å². The zero-order chi connectivity index (χ0) is 26.4. The lowest BCUT2D eigenvalue weighted by atomic mass is 9.96. The van der Waals surface area contributed by atoms with Gasteiger partial charge in [0, 0.05) is 36.4 Å². The van der Waals surface area contributed by atoms with Gasteiger partial charge in [-0.25, -0.2) is 4.98 Å². The van der Waals surface area contributed by atoms with Crippen molar-refractivity contribution in [2.45, 2.75) is 40.0 Å². The monoisotopic (exact) mass is 522 g/mol. The fourth-order valence-electron chi connectivity index (χ4n) is 4.53. The van der Waals surface area contributed by atoms with E-state index in [4.69, 9.17) is 22.1 Å². The lowest BCUT2D eigenvalue weighted by Gasteiger charge is -2.32. The molecule has 4 rings (SSSR count). The Morgan fingerprint density at radius 3 is 2.62 bits per heavy atom. The van der Waals surface area contributed by atoms with Crippen LogP contribution in [0.5, 0.6) is 5.75 Å². The number of hydrogen-bond donors (Lipinski definition) is 3. The van der Waals surface area contributed by atoms with E-state index in [9.17, 15) is 4.79 Å². The van der Waals surface area contributed by atoms with Gasteiger partial charge in [0.2, 0.25) is 11.9 Å². The van der Waals surface area contributed by atoms with Crippen molar-refractivity contribution < 1.29 is 9.53 Å². The van der Waals surface area contributed by atoms with E-state index in [1.807, 2.05) is 43.3 Å². The Labute approximate surface area is 223 Å². The molecule has 1 fully saturated rings. The fraction of sp³-hybridized carbons (Fsp3) is 0.393. The summed E-state index contributed by atoms with van der Waals surface area (Å²) < 4.78 is 5.94. The largest absolute Gasteiger partial charge is 0.492 e. The third kappa shape index (κ3) is 6.83. The van der Waals surface area contributed by atoms with Crippen molar-refractivity contribution in [3.63, 3.8) is 0 Å². The number of nitrogens with two attached hydrogens (primary N) is 1. The maximum absolute atomic E-state index is 11.5. The number of halogens is 1. The van der Waals surface area contributed by atoms with E-state index in [0.717, 1.165) is 49.4 Å². The highest BCUT2D eigenvalue weighted by atomic mass is 35.5. The molecule has 2 aromatic carbocycles. The van der Waals surface area contributed by atoms with E-state index in [1.165, 1.54) is 5.56 Å². The predicted octanol–water partition coefficient (Wildman–Crippen LogP) is 5.92. The van der Waals surface area contributed by atoms with Crippen molar-refractivity contribution in [3.8, 4) is 5.75 Å². The van der Waals surface area contributed by atoms with Crippen molar-refractivity contribution in [3.05, 3.63) is 59.2 Å². The number of anilines is 5. The smallest absolute Gasteiger partial charge is 0.229 e. The third-order valence-corrected chi connectivity index (χ3v) is 6.69. The summed E-state index contributed by atoms with van der Waals surface area (Å²) in [5, 5.41) is 7.10. The summed E-state index contributed by atoms with van der Waals surface area (Å²) in [6, 6.07) is 14.2. The molecule has 8 nitrogen and oxygen atoms in total. The highest BCUT2D eigenvalue weighted by Crippen LogP contribution is 2.34. The molecule has 37 heavy (non-hydrogen) atoms. The summed E-state index contributed by atoms with van der Waals surface area (Å²) in [5.74, 6) is 1.90. The molecule has 0 atom stereocenters. The first kappa shape index (κ1) is 26.5. The van der Waals surface area contributed by atoms with Crippen LogP contribution in [0.1, 0.15) is 39.2 Å². The van der Waals surface area contributed by atoms with Crippen LogP contribution in [0.3, 0.4) is 0 Å². The maximum atomic E-state index is 11.5. The second-order valence-electron chi connectivity index (χ2n) is 9.67. The summed E-state index contributed by atoms with van der Waals surface area (Å²) >= 11 is 6.45. The molecular formula is C28H35ClN6O2. The van der Waals surface area contributed by atoms with Gasteiger partial charge in [-0.1, -0.05) is 43.6 Å². The van der Waals surface area contributed by atoms with E-state index < -0.39 is 0 Å². The first-order valence-electron chi connectivity index (χ1n) is 12.8. The Kier molecular flexibility index (Phi) is 8.71. The minimum atomic E-state index is -0.213. The van der Waals surface area contributed by atoms with Crippen LogP contribution in [0, 0.1) is 11.8 Å². The number of benzene rings is 2. The number of nitrogens with one attached hydrogen (secondary N) is 2. The number of carbonyl (C=O) groups excluding carboxylic acids is 1. The van der Waals surface area contributed by atoms with Crippen LogP contribution in [0.2, 0.25) is 5.02 Å². The quantitative estimate of drug-likeness (QED) is 0.303. The van der Waals surface area contributed by atoms with Crippen molar-refractivity contribution >= 4 is 46.3 Å². The van der Waals surface area contributed by atoms with E-state index in [-0.39, 0.29) is 11.8 Å². The summed E-state index contributed by atoms with van der Waals surface area (Å²) in [7, 11) is 0. The highest BCUT2D eigenvalue weighted by molar-refractivity contribution is 6.32. The minimum Gasteiger partial charge on any atom is -0.492 e. The summed E-state index contributed by atoms with van der Waals surface area (Å²) in [5.41, 5.74) is 9.46. The van der Waals surface area contributed by atoms with Crippen molar-refractivity contribution in [2.75, 3.05) is 35.2 Å². The van der Waals surface area contributed by atoms with Gasteiger partial charge in [-0.05, 0) is 55.9 Å².